The average molecular weight is 294 g/mol. The van der Waals surface area contributed by atoms with Gasteiger partial charge < -0.3 is 4.74 Å². The topological polar surface area (TPSA) is 26.3 Å². The Bertz CT molecular complexity index is 634. The van der Waals surface area contributed by atoms with Gasteiger partial charge in [0, 0.05) is 0 Å². The molecule has 0 aliphatic heterocycles. The van der Waals surface area contributed by atoms with Gasteiger partial charge in [0.05, 0.1) is 11.1 Å². The molecule has 0 saturated carbocycles. The molecule has 21 heavy (non-hydrogen) atoms. The fourth-order valence-corrected chi connectivity index (χ4v) is 1.84. The zero-order chi connectivity index (χ0) is 15.5. The van der Waals surface area contributed by atoms with Gasteiger partial charge >= 0.3 is 6.18 Å². The number of alkyl halides is 3. The number of ketones is 1. The smallest absolute Gasteiger partial charge is 0.416 e. The zero-order valence-electron chi connectivity index (χ0n) is 11.3. The number of Topliss-reactive ketones (excluding diaryl/α,β-unsaturated/α-hetero) is 1. The minimum Gasteiger partial charge on any atom is -0.488 e. The molecule has 2 aromatic rings. The first kappa shape index (κ1) is 15.1. The highest BCUT2D eigenvalue weighted by molar-refractivity contribution is 5.97. The third-order valence-electron chi connectivity index (χ3n) is 2.92. The lowest BCUT2D eigenvalue weighted by Gasteiger charge is -2.13. The molecule has 5 heteroatoms. The highest BCUT2D eigenvalue weighted by atomic mass is 19.4. The van der Waals surface area contributed by atoms with E-state index < -0.39 is 17.5 Å². The molecule has 0 amide bonds. The summed E-state index contributed by atoms with van der Waals surface area (Å²) in [5, 5.41) is 0. The van der Waals surface area contributed by atoms with E-state index in [0.717, 1.165) is 17.7 Å². The molecule has 110 valence electrons. The van der Waals surface area contributed by atoms with Crippen molar-refractivity contribution >= 4 is 5.78 Å². The van der Waals surface area contributed by atoms with E-state index in [9.17, 15) is 18.0 Å². The Morgan fingerprint density at radius 3 is 2.33 bits per heavy atom. The Hall–Kier alpha value is -2.30. The van der Waals surface area contributed by atoms with Crippen LogP contribution in [0.4, 0.5) is 13.2 Å². The van der Waals surface area contributed by atoms with Gasteiger partial charge in [0.15, 0.2) is 5.78 Å². The normalized spacial score (nSPS) is 11.2. The first-order valence-corrected chi connectivity index (χ1v) is 6.27. The van der Waals surface area contributed by atoms with Crippen LogP contribution >= 0.6 is 0 Å². The summed E-state index contributed by atoms with van der Waals surface area (Å²) < 4.78 is 43.4. The van der Waals surface area contributed by atoms with Gasteiger partial charge in [-0.05, 0) is 30.7 Å². The van der Waals surface area contributed by atoms with Crippen LogP contribution in [0.15, 0.2) is 48.5 Å². The third-order valence-corrected chi connectivity index (χ3v) is 2.92. The van der Waals surface area contributed by atoms with Crippen molar-refractivity contribution in [1.29, 1.82) is 0 Å². The van der Waals surface area contributed by atoms with Crippen molar-refractivity contribution in [1.82, 2.24) is 0 Å². The molecule has 0 saturated heterocycles. The van der Waals surface area contributed by atoms with E-state index in [1.807, 2.05) is 30.3 Å². The zero-order valence-corrected chi connectivity index (χ0v) is 11.3. The van der Waals surface area contributed by atoms with Crippen molar-refractivity contribution < 1.29 is 22.7 Å². The fourth-order valence-electron chi connectivity index (χ4n) is 1.84. The van der Waals surface area contributed by atoms with E-state index in [4.69, 9.17) is 4.74 Å². The van der Waals surface area contributed by atoms with Crippen molar-refractivity contribution in [2.24, 2.45) is 0 Å². The molecular formula is C16H13F3O2. The van der Waals surface area contributed by atoms with E-state index >= 15 is 0 Å². The average Bonchev–Trinajstić information content (AvgIpc) is 2.45. The number of hydrogen-bond acceptors (Lipinski definition) is 2. The minimum absolute atomic E-state index is 0.0687. The lowest BCUT2D eigenvalue weighted by atomic mass is 10.1. The van der Waals surface area contributed by atoms with E-state index in [2.05, 4.69) is 0 Å². The summed E-state index contributed by atoms with van der Waals surface area (Å²) in [6.45, 7) is 1.40. The summed E-state index contributed by atoms with van der Waals surface area (Å²) in [7, 11) is 0. The SMILES string of the molecule is CC(=O)c1cc(C(F)(F)F)ccc1OCc1ccccc1. The molecule has 0 unspecified atom stereocenters. The Labute approximate surface area is 120 Å². The van der Waals surface area contributed by atoms with Gasteiger partial charge in [-0.1, -0.05) is 30.3 Å². The van der Waals surface area contributed by atoms with E-state index in [1.165, 1.54) is 13.0 Å². The molecule has 0 spiro atoms. The third kappa shape index (κ3) is 3.84. The van der Waals surface area contributed by atoms with Crippen LogP contribution in [-0.2, 0) is 12.8 Å². The summed E-state index contributed by atoms with van der Waals surface area (Å²) in [4.78, 5) is 11.5. The minimum atomic E-state index is -4.48. The van der Waals surface area contributed by atoms with Crippen molar-refractivity contribution in [3.8, 4) is 5.75 Å². The Morgan fingerprint density at radius 2 is 1.76 bits per heavy atom. The van der Waals surface area contributed by atoms with Crippen molar-refractivity contribution in [2.45, 2.75) is 19.7 Å². The second-order valence-corrected chi connectivity index (χ2v) is 4.54. The molecule has 0 bridgehead atoms. The van der Waals surface area contributed by atoms with Gasteiger partial charge in [0.25, 0.3) is 0 Å². The number of carbonyl (C=O) groups excluding carboxylic acids is 1. The number of ether oxygens (including phenoxy) is 1. The number of halogens is 3. The summed E-state index contributed by atoms with van der Waals surface area (Å²) in [5.74, 6) is -0.316. The van der Waals surface area contributed by atoms with Gasteiger partial charge in [0.1, 0.15) is 12.4 Å². The number of carbonyl (C=O) groups is 1. The second kappa shape index (κ2) is 5.99. The summed E-state index contributed by atoms with van der Waals surface area (Å²) in [6.07, 6.45) is -4.48. The summed E-state index contributed by atoms with van der Waals surface area (Å²) >= 11 is 0. The molecule has 0 heterocycles. The largest absolute Gasteiger partial charge is 0.488 e. The highest BCUT2D eigenvalue weighted by Crippen LogP contribution is 2.33. The molecular weight excluding hydrogens is 281 g/mol. The number of rotatable bonds is 4. The highest BCUT2D eigenvalue weighted by Gasteiger charge is 2.31. The first-order chi connectivity index (χ1) is 9.88. The first-order valence-electron chi connectivity index (χ1n) is 6.27. The predicted molar refractivity (Wildman–Crippen MR) is 72.2 cm³/mol. The van der Waals surface area contributed by atoms with Crippen LogP contribution in [0.1, 0.15) is 28.4 Å². The second-order valence-electron chi connectivity index (χ2n) is 4.54. The van der Waals surface area contributed by atoms with Gasteiger partial charge in [0.2, 0.25) is 0 Å². The van der Waals surface area contributed by atoms with Gasteiger partial charge in [-0.25, -0.2) is 0 Å². The van der Waals surface area contributed by atoms with Gasteiger partial charge in [-0.2, -0.15) is 13.2 Å². The van der Waals surface area contributed by atoms with Gasteiger partial charge in [-0.15, -0.1) is 0 Å². The molecule has 0 radical (unpaired) electrons. The summed E-state index contributed by atoms with van der Waals surface area (Å²) in [6, 6.07) is 12.1. The van der Waals surface area contributed by atoms with E-state index in [-0.39, 0.29) is 17.9 Å². The van der Waals surface area contributed by atoms with Crippen molar-refractivity contribution in [3.63, 3.8) is 0 Å². The predicted octanol–water partition coefficient (Wildman–Crippen LogP) is 4.49. The standard InChI is InChI=1S/C16H13F3O2/c1-11(20)14-9-13(16(17,18)19)7-8-15(14)21-10-12-5-3-2-4-6-12/h2-9H,10H2,1H3. The molecule has 0 aliphatic carbocycles. The van der Waals surface area contributed by atoms with Crippen LogP contribution < -0.4 is 4.74 Å². The quantitative estimate of drug-likeness (QED) is 0.777. The Kier molecular flexibility index (Phi) is 4.31. The van der Waals surface area contributed by atoms with Crippen LogP contribution in [-0.4, -0.2) is 5.78 Å². The molecule has 0 fully saturated rings. The van der Waals surface area contributed by atoms with Crippen LogP contribution in [0, 0.1) is 0 Å². The molecule has 2 nitrogen and oxygen atoms in total. The monoisotopic (exact) mass is 294 g/mol. The fraction of sp³-hybridized carbons (Fsp3) is 0.188. The van der Waals surface area contributed by atoms with Crippen molar-refractivity contribution in [3.05, 3.63) is 65.2 Å². The molecule has 0 N–H and O–H groups in total. The molecule has 0 atom stereocenters. The van der Waals surface area contributed by atoms with Crippen LogP contribution in [0.5, 0.6) is 5.75 Å². The molecule has 2 rings (SSSR count). The Balaban J connectivity index is 2.25. The molecule has 0 aliphatic rings. The Morgan fingerprint density at radius 1 is 1.10 bits per heavy atom. The number of hydrogen-bond donors (Lipinski definition) is 0. The maximum atomic E-state index is 12.7. The lowest BCUT2D eigenvalue weighted by molar-refractivity contribution is -0.137. The van der Waals surface area contributed by atoms with Gasteiger partial charge in [-0.3, -0.25) is 4.79 Å². The van der Waals surface area contributed by atoms with Crippen LogP contribution in [0.25, 0.3) is 0 Å². The molecule has 0 aromatic heterocycles. The maximum absolute atomic E-state index is 12.7. The number of benzene rings is 2. The maximum Gasteiger partial charge on any atom is 0.416 e. The van der Waals surface area contributed by atoms with Crippen LogP contribution in [0.3, 0.4) is 0 Å². The summed E-state index contributed by atoms with van der Waals surface area (Å²) in [5.41, 5.74) is -0.0626. The van der Waals surface area contributed by atoms with E-state index in [1.54, 1.807) is 0 Å². The van der Waals surface area contributed by atoms with E-state index in [0.29, 0.717) is 0 Å². The molecule has 2 aromatic carbocycles. The van der Waals surface area contributed by atoms with Crippen LogP contribution in [0.2, 0.25) is 0 Å². The lowest BCUT2D eigenvalue weighted by Crippen LogP contribution is -2.08. The van der Waals surface area contributed by atoms with Crippen molar-refractivity contribution in [2.75, 3.05) is 0 Å².